The van der Waals surface area contributed by atoms with E-state index in [0.29, 0.717) is 13.2 Å². The molecular weight excluding hydrogens is 222 g/mol. The van der Waals surface area contributed by atoms with Gasteiger partial charge in [0.05, 0.1) is 13.2 Å². The fourth-order valence-electron chi connectivity index (χ4n) is 1.52. The Morgan fingerprint density at radius 1 is 1.41 bits per heavy atom. The molecule has 0 atom stereocenters. The minimum Gasteiger partial charge on any atom is -0.465 e. The summed E-state index contributed by atoms with van der Waals surface area (Å²) in [5.41, 5.74) is 1.53. The van der Waals surface area contributed by atoms with Crippen molar-refractivity contribution in [2.45, 2.75) is 33.7 Å². The number of ether oxygens (including phenoxy) is 1. The lowest BCUT2D eigenvalue weighted by atomic mass is 10.3. The second-order valence-corrected chi connectivity index (χ2v) is 3.81. The number of aromatic nitrogens is 2. The average molecular weight is 241 g/mol. The van der Waals surface area contributed by atoms with Gasteiger partial charge >= 0.3 is 5.97 Å². The summed E-state index contributed by atoms with van der Waals surface area (Å²) in [6, 6.07) is 0. The van der Waals surface area contributed by atoms with Crippen LogP contribution in [0.4, 0.5) is 0 Å². The molecule has 0 bridgehead atoms. The van der Waals surface area contributed by atoms with Crippen LogP contribution in [0.1, 0.15) is 31.7 Å². The number of rotatable bonds is 7. The standard InChI is InChI=1S/C11H19N3O3/c1-4-6-14(8-11(15)16-5-2)7-10-9(3)12-17-13-10/h4-8H2,1-3H3. The van der Waals surface area contributed by atoms with Crippen LogP contribution in [0, 0.1) is 6.92 Å². The largest absolute Gasteiger partial charge is 0.465 e. The Morgan fingerprint density at radius 3 is 2.71 bits per heavy atom. The van der Waals surface area contributed by atoms with Crippen LogP contribution >= 0.6 is 0 Å². The molecule has 17 heavy (non-hydrogen) atoms. The fraction of sp³-hybridized carbons (Fsp3) is 0.727. The molecule has 0 saturated heterocycles. The highest BCUT2D eigenvalue weighted by Gasteiger charge is 2.15. The van der Waals surface area contributed by atoms with E-state index in [1.54, 1.807) is 6.92 Å². The predicted molar refractivity (Wildman–Crippen MR) is 61.2 cm³/mol. The zero-order chi connectivity index (χ0) is 12.7. The van der Waals surface area contributed by atoms with E-state index in [2.05, 4.69) is 21.9 Å². The molecule has 6 nitrogen and oxygen atoms in total. The third-order valence-corrected chi connectivity index (χ3v) is 2.32. The van der Waals surface area contributed by atoms with Crippen molar-refractivity contribution in [2.24, 2.45) is 0 Å². The quantitative estimate of drug-likeness (QED) is 0.667. The Morgan fingerprint density at radius 2 is 2.18 bits per heavy atom. The van der Waals surface area contributed by atoms with E-state index in [4.69, 9.17) is 4.74 Å². The molecule has 0 aliphatic carbocycles. The van der Waals surface area contributed by atoms with Gasteiger partial charge < -0.3 is 4.74 Å². The maximum Gasteiger partial charge on any atom is 0.320 e. The Bertz CT molecular complexity index is 351. The first kappa shape index (κ1) is 13.6. The van der Waals surface area contributed by atoms with Crippen molar-refractivity contribution in [2.75, 3.05) is 19.7 Å². The first-order valence-electron chi connectivity index (χ1n) is 5.83. The summed E-state index contributed by atoms with van der Waals surface area (Å²) < 4.78 is 9.56. The van der Waals surface area contributed by atoms with Crippen LogP contribution in [0.25, 0.3) is 0 Å². The molecule has 1 heterocycles. The molecule has 0 N–H and O–H groups in total. The third-order valence-electron chi connectivity index (χ3n) is 2.32. The van der Waals surface area contributed by atoms with E-state index in [-0.39, 0.29) is 12.5 Å². The molecule has 0 unspecified atom stereocenters. The van der Waals surface area contributed by atoms with Crippen LogP contribution in [0.3, 0.4) is 0 Å². The van der Waals surface area contributed by atoms with Crippen molar-refractivity contribution >= 4 is 5.97 Å². The summed E-state index contributed by atoms with van der Waals surface area (Å²) in [6.07, 6.45) is 0.962. The van der Waals surface area contributed by atoms with E-state index in [9.17, 15) is 4.79 Å². The molecule has 0 amide bonds. The highest BCUT2D eigenvalue weighted by atomic mass is 16.6. The van der Waals surface area contributed by atoms with Gasteiger partial charge in [0.25, 0.3) is 0 Å². The topological polar surface area (TPSA) is 68.5 Å². The van der Waals surface area contributed by atoms with Crippen molar-refractivity contribution in [1.82, 2.24) is 15.2 Å². The molecule has 1 rings (SSSR count). The van der Waals surface area contributed by atoms with Gasteiger partial charge in [-0.15, -0.1) is 0 Å². The lowest BCUT2D eigenvalue weighted by Crippen LogP contribution is -2.31. The Kier molecular flexibility index (Phi) is 5.62. The summed E-state index contributed by atoms with van der Waals surface area (Å²) in [6.45, 7) is 7.74. The maximum absolute atomic E-state index is 11.4. The molecule has 0 radical (unpaired) electrons. The van der Waals surface area contributed by atoms with Crippen LogP contribution in [-0.2, 0) is 16.1 Å². The molecule has 0 aliphatic rings. The van der Waals surface area contributed by atoms with Crippen molar-refractivity contribution in [3.05, 3.63) is 11.4 Å². The van der Waals surface area contributed by atoms with Gasteiger partial charge in [0.2, 0.25) is 0 Å². The van der Waals surface area contributed by atoms with E-state index in [1.807, 2.05) is 11.8 Å². The average Bonchev–Trinajstić information content (AvgIpc) is 2.65. The van der Waals surface area contributed by atoms with Crippen molar-refractivity contribution in [3.8, 4) is 0 Å². The van der Waals surface area contributed by atoms with E-state index in [0.717, 1.165) is 24.4 Å². The second-order valence-electron chi connectivity index (χ2n) is 3.81. The SMILES string of the molecule is CCCN(CC(=O)OCC)Cc1nonc1C. The molecule has 1 aromatic heterocycles. The number of hydrogen-bond acceptors (Lipinski definition) is 6. The van der Waals surface area contributed by atoms with Gasteiger partial charge in [-0.3, -0.25) is 9.69 Å². The molecule has 6 heteroatoms. The van der Waals surface area contributed by atoms with Gasteiger partial charge in [0, 0.05) is 6.54 Å². The highest BCUT2D eigenvalue weighted by molar-refractivity contribution is 5.71. The van der Waals surface area contributed by atoms with E-state index < -0.39 is 0 Å². The smallest absolute Gasteiger partial charge is 0.320 e. The minimum absolute atomic E-state index is 0.213. The van der Waals surface area contributed by atoms with E-state index >= 15 is 0 Å². The summed E-state index contributed by atoms with van der Waals surface area (Å²) in [4.78, 5) is 13.4. The Hall–Kier alpha value is -1.43. The first-order chi connectivity index (χ1) is 8.17. The van der Waals surface area contributed by atoms with Crippen LogP contribution in [0.15, 0.2) is 4.63 Å². The van der Waals surface area contributed by atoms with Gasteiger partial charge in [-0.05, 0) is 26.8 Å². The third kappa shape index (κ3) is 4.52. The zero-order valence-corrected chi connectivity index (χ0v) is 10.6. The lowest BCUT2D eigenvalue weighted by Gasteiger charge is -2.19. The Balaban J connectivity index is 2.54. The monoisotopic (exact) mass is 241 g/mol. The molecule has 0 aromatic carbocycles. The lowest BCUT2D eigenvalue weighted by molar-refractivity contribution is -0.144. The van der Waals surface area contributed by atoms with Crippen molar-refractivity contribution < 1.29 is 14.2 Å². The molecule has 1 aromatic rings. The normalized spacial score (nSPS) is 10.8. The minimum atomic E-state index is -0.213. The molecular formula is C11H19N3O3. The maximum atomic E-state index is 11.4. The van der Waals surface area contributed by atoms with Gasteiger partial charge in [0.15, 0.2) is 0 Å². The fourth-order valence-corrected chi connectivity index (χ4v) is 1.52. The number of carbonyl (C=O) groups excluding carboxylic acids is 1. The summed E-state index contributed by atoms with van der Waals surface area (Å²) in [5.74, 6) is -0.213. The first-order valence-corrected chi connectivity index (χ1v) is 5.83. The Labute approximate surface area is 101 Å². The summed E-state index contributed by atoms with van der Waals surface area (Å²) >= 11 is 0. The van der Waals surface area contributed by atoms with Gasteiger partial charge in [-0.1, -0.05) is 17.2 Å². The van der Waals surface area contributed by atoms with Crippen LogP contribution in [0.5, 0.6) is 0 Å². The molecule has 96 valence electrons. The van der Waals surface area contributed by atoms with E-state index in [1.165, 1.54) is 0 Å². The molecule has 0 fully saturated rings. The number of hydrogen-bond donors (Lipinski definition) is 0. The van der Waals surface area contributed by atoms with Crippen LogP contribution in [-0.4, -0.2) is 40.9 Å². The highest BCUT2D eigenvalue weighted by Crippen LogP contribution is 2.06. The second kappa shape index (κ2) is 7.01. The van der Waals surface area contributed by atoms with Crippen molar-refractivity contribution in [1.29, 1.82) is 0 Å². The molecule has 0 aliphatic heterocycles. The van der Waals surface area contributed by atoms with Crippen molar-refractivity contribution in [3.63, 3.8) is 0 Å². The number of nitrogens with zero attached hydrogens (tertiary/aromatic N) is 3. The molecule has 0 spiro atoms. The van der Waals surface area contributed by atoms with Gasteiger partial charge in [-0.2, -0.15) is 0 Å². The number of esters is 1. The zero-order valence-electron chi connectivity index (χ0n) is 10.6. The summed E-state index contributed by atoms with van der Waals surface area (Å²) in [5, 5.41) is 7.53. The van der Waals surface area contributed by atoms with Crippen LogP contribution < -0.4 is 0 Å². The molecule has 0 saturated carbocycles. The van der Waals surface area contributed by atoms with Crippen LogP contribution in [0.2, 0.25) is 0 Å². The number of carbonyl (C=O) groups is 1. The van der Waals surface area contributed by atoms with Gasteiger partial charge in [-0.25, -0.2) is 4.63 Å². The predicted octanol–water partition coefficient (Wildman–Crippen LogP) is 1.15. The number of aryl methyl sites for hydroxylation is 1. The summed E-state index contributed by atoms with van der Waals surface area (Å²) in [7, 11) is 0. The van der Waals surface area contributed by atoms with Gasteiger partial charge in [0.1, 0.15) is 11.4 Å².